The molecule has 2 aromatic heterocycles. The number of nitrogens with zero attached hydrogens (tertiary/aromatic N) is 3. The maximum Gasteiger partial charge on any atom is 0.263 e. The molecule has 3 aromatic rings. The molecule has 4 rings (SSSR count). The Hall–Kier alpha value is -2.51. The summed E-state index contributed by atoms with van der Waals surface area (Å²) >= 11 is 1.65. The first kappa shape index (κ1) is 20.8. The van der Waals surface area contributed by atoms with Crippen LogP contribution in [0.2, 0.25) is 0 Å². The summed E-state index contributed by atoms with van der Waals surface area (Å²) in [6.07, 6.45) is 4.21. The summed E-state index contributed by atoms with van der Waals surface area (Å²) in [6, 6.07) is 5.93. The number of aromatic nitrogens is 2. The van der Waals surface area contributed by atoms with Crippen molar-refractivity contribution >= 4 is 33.1 Å². The lowest BCUT2D eigenvalue weighted by molar-refractivity contribution is -0.116. The van der Waals surface area contributed by atoms with Crippen LogP contribution in [0.15, 0.2) is 23.0 Å². The molecule has 1 amide bonds. The van der Waals surface area contributed by atoms with Crippen LogP contribution in [0.1, 0.15) is 40.2 Å². The molecule has 0 unspecified atom stereocenters. The monoisotopic (exact) mass is 424 g/mol. The first-order chi connectivity index (χ1) is 14.3. The maximum absolute atomic E-state index is 13.5. The fourth-order valence-corrected chi connectivity index (χ4v) is 5.51. The highest BCUT2D eigenvalue weighted by atomic mass is 32.1. The second-order valence-corrected chi connectivity index (χ2v) is 9.56. The summed E-state index contributed by atoms with van der Waals surface area (Å²) in [7, 11) is 3.88. The second-order valence-electron chi connectivity index (χ2n) is 8.47. The predicted molar refractivity (Wildman–Crippen MR) is 122 cm³/mol. The molecule has 7 heteroatoms. The van der Waals surface area contributed by atoms with Crippen LogP contribution in [-0.2, 0) is 30.7 Å². The van der Waals surface area contributed by atoms with E-state index in [9.17, 15) is 9.59 Å². The molecule has 0 aliphatic heterocycles. The summed E-state index contributed by atoms with van der Waals surface area (Å²) in [5.74, 6) is 0.416. The highest BCUT2D eigenvalue weighted by Gasteiger charge is 2.23. The number of carbonyl (C=O) groups excluding carboxylic acids is 1. The van der Waals surface area contributed by atoms with Crippen molar-refractivity contribution in [2.45, 2.75) is 52.6 Å². The van der Waals surface area contributed by atoms with Crippen LogP contribution in [0.3, 0.4) is 0 Å². The van der Waals surface area contributed by atoms with Gasteiger partial charge in [-0.05, 0) is 82.4 Å². The van der Waals surface area contributed by atoms with Crippen LogP contribution in [0.25, 0.3) is 10.2 Å². The molecule has 6 nitrogen and oxygen atoms in total. The molecule has 158 valence electrons. The summed E-state index contributed by atoms with van der Waals surface area (Å²) in [5, 5.41) is 3.67. The van der Waals surface area contributed by atoms with E-state index in [1.807, 2.05) is 45.0 Å². The third kappa shape index (κ3) is 4.18. The Morgan fingerprint density at radius 2 is 1.87 bits per heavy atom. The molecule has 1 N–H and O–H groups in total. The Morgan fingerprint density at radius 3 is 2.57 bits per heavy atom. The van der Waals surface area contributed by atoms with Crippen LogP contribution < -0.4 is 10.9 Å². The number of rotatable bonds is 5. The van der Waals surface area contributed by atoms with Gasteiger partial charge >= 0.3 is 0 Å². The number of hydrogen-bond acceptors (Lipinski definition) is 5. The number of thiophene rings is 1. The topological polar surface area (TPSA) is 67.2 Å². The van der Waals surface area contributed by atoms with Crippen LogP contribution >= 0.6 is 11.3 Å². The molecular formula is C23H28N4O2S. The predicted octanol–water partition coefficient (Wildman–Crippen LogP) is 3.65. The van der Waals surface area contributed by atoms with Gasteiger partial charge in [-0.2, -0.15) is 0 Å². The minimum absolute atomic E-state index is 0.0391. The molecule has 0 saturated carbocycles. The van der Waals surface area contributed by atoms with Crippen molar-refractivity contribution in [3.05, 3.63) is 55.9 Å². The summed E-state index contributed by atoms with van der Waals surface area (Å²) in [4.78, 5) is 35.2. The van der Waals surface area contributed by atoms with Gasteiger partial charge in [0.15, 0.2) is 0 Å². The van der Waals surface area contributed by atoms with E-state index in [4.69, 9.17) is 4.98 Å². The molecule has 1 aliphatic rings. The highest BCUT2D eigenvalue weighted by Crippen LogP contribution is 2.33. The third-order valence-electron chi connectivity index (χ3n) is 5.42. The summed E-state index contributed by atoms with van der Waals surface area (Å²) in [5.41, 5.74) is 3.99. The zero-order valence-electron chi connectivity index (χ0n) is 18.0. The number of anilines is 1. The lowest BCUT2D eigenvalue weighted by Crippen LogP contribution is -2.33. The molecule has 0 radical (unpaired) electrons. The van der Waals surface area contributed by atoms with Gasteiger partial charge in [-0.15, -0.1) is 11.3 Å². The van der Waals surface area contributed by atoms with Gasteiger partial charge in [-0.25, -0.2) is 4.98 Å². The van der Waals surface area contributed by atoms with E-state index in [2.05, 4.69) is 11.4 Å². The minimum atomic E-state index is -0.215. The molecule has 0 spiro atoms. The maximum atomic E-state index is 13.5. The molecule has 1 aliphatic carbocycles. The van der Waals surface area contributed by atoms with E-state index in [1.165, 1.54) is 4.88 Å². The number of fused-ring (bicyclic) bond motifs is 3. The fraction of sp³-hybridized carbons (Fsp3) is 0.435. The highest BCUT2D eigenvalue weighted by molar-refractivity contribution is 7.18. The van der Waals surface area contributed by atoms with E-state index in [0.717, 1.165) is 58.3 Å². The van der Waals surface area contributed by atoms with E-state index in [0.29, 0.717) is 12.4 Å². The van der Waals surface area contributed by atoms with Gasteiger partial charge in [0.05, 0.1) is 11.9 Å². The third-order valence-corrected chi connectivity index (χ3v) is 6.60. The Balaban J connectivity index is 1.73. The van der Waals surface area contributed by atoms with Crippen molar-refractivity contribution in [3.63, 3.8) is 0 Å². The van der Waals surface area contributed by atoms with E-state index >= 15 is 0 Å². The second kappa shape index (κ2) is 8.32. The minimum Gasteiger partial charge on any atom is -0.325 e. The zero-order valence-corrected chi connectivity index (χ0v) is 18.9. The number of benzene rings is 1. The average molecular weight is 425 g/mol. The van der Waals surface area contributed by atoms with E-state index in [1.54, 1.807) is 15.9 Å². The largest absolute Gasteiger partial charge is 0.325 e. The smallest absolute Gasteiger partial charge is 0.263 e. The molecule has 1 aromatic carbocycles. The number of nitrogens with one attached hydrogen (secondary N) is 1. The molecule has 0 saturated heterocycles. The van der Waals surface area contributed by atoms with Crippen molar-refractivity contribution < 1.29 is 4.79 Å². The Morgan fingerprint density at radius 1 is 1.17 bits per heavy atom. The van der Waals surface area contributed by atoms with Gasteiger partial charge in [-0.3, -0.25) is 14.2 Å². The number of carbonyl (C=O) groups is 1. The van der Waals surface area contributed by atoms with Crippen molar-refractivity contribution in [3.8, 4) is 0 Å². The zero-order chi connectivity index (χ0) is 21.4. The Bertz CT molecular complexity index is 1160. The average Bonchev–Trinajstić information content (AvgIpc) is 3.02. The summed E-state index contributed by atoms with van der Waals surface area (Å²) in [6.45, 7) is 4.47. The molecular weight excluding hydrogens is 396 g/mol. The van der Waals surface area contributed by atoms with Crippen molar-refractivity contribution in [2.24, 2.45) is 0 Å². The standard InChI is InChI=1S/C23H28N4O2S/c1-14-9-15(2)11-16(10-14)24-20(28)13-27-19(12-26(3)4)25-22-21(23(27)29)17-7-5-6-8-18(17)30-22/h9-11H,5-8,12-13H2,1-4H3,(H,24,28). The van der Waals surface area contributed by atoms with Crippen LogP contribution in [0.5, 0.6) is 0 Å². The van der Waals surface area contributed by atoms with Crippen molar-refractivity contribution in [2.75, 3.05) is 19.4 Å². The number of amides is 1. The van der Waals surface area contributed by atoms with Gasteiger partial charge in [0.25, 0.3) is 5.56 Å². The van der Waals surface area contributed by atoms with Crippen LogP contribution in [-0.4, -0.2) is 34.5 Å². The van der Waals surface area contributed by atoms with Gasteiger partial charge < -0.3 is 10.2 Å². The SMILES string of the molecule is Cc1cc(C)cc(NC(=O)Cn2c(CN(C)C)nc3sc4c(c3c2=O)CCCC4)c1. The Labute approximate surface area is 180 Å². The fourth-order valence-electron chi connectivity index (χ4n) is 4.24. The number of hydrogen-bond donors (Lipinski definition) is 1. The van der Waals surface area contributed by atoms with E-state index < -0.39 is 0 Å². The van der Waals surface area contributed by atoms with Crippen molar-refractivity contribution in [1.29, 1.82) is 0 Å². The normalized spacial score (nSPS) is 13.6. The quantitative estimate of drug-likeness (QED) is 0.679. The molecule has 0 bridgehead atoms. The lowest BCUT2D eigenvalue weighted by atomic mass is 9.97. The first-order valence-corrected chi connectivity index (χ1v) is 11.2. The first-order valence-electron chi connectivity index (χ1n) is 10.4. The van der Waals surface area contributed by atoms with E-state index in [-0.39, 0.29) is 18.0 Å². The van der Waals surface area contributed by atoms with Gasteiger partial charge in [0, 0.05) is 10.6 Å². The van der Waals surface area contributed by atoms with Crippen LogP contribution in [0, 0.1) is 13.8 Å². The lowest BCUT2D eigenvalue weighted by Gasteiger charge is -2.16. The van der Waals surface area contributed by atoms with Gasteiger partial charge in [0.2, 0.25) is 5.91 Å². The number of aryl methyl sites for hydroxylation is 4. The van der Waals surface area contributed by atoms with Gasteiger partial charge in [-0.1, -0.05) is 6.07 Å². The molecule has 0 fully saturated rings. The summed E-state index contributed by atoms with van der Waals surface area (Å²) < 4.78 is 1.56. The molecule has 0 atom stereocenters. The van der Waals surface area contributed by atoms with Gasteiger partial charge in [0.1, 0.15) is 17.2 Å². The molecule has 30 heavy (non-hydrogen) atoms. The molecule has 2 heterocycles. The Kier molecular flexibility index (Phi) is 5.75. The van der Waals surface area contributed by atoms with Crippen LogP contribution in [0.4, 0.5) is 5.69 Å². The van der Waals surface area contributed by atoms with Crippen molar-refractivity contribution in [1.82, 2.24) is 14.5 Å².